The van der Waals surface area contributed by atoms with E-state index in [-0.39, 0.29) is 36.3 Å². The maximum atomic E-state index is 13.4. The largest absolute Gasteiger partial charge is 0.497 e. The highest BCUT2D eigenvalue weighted by molar-refractivity contribution is 8.14. The number of hydrogen-bond acceptors (Lipinski definition) is 7. The average Bonchev–Trinajstić information content (AvgIpc) is 3.32. The molecule has 0 aromatic heterocycles. The van der Waals surface area contributed by atoms with Crippen LogP contribution in [0.4, 0.5) is 11.4 Å². The molecule has 2 N–H and O–H groups in total. The Labute approximate surface area is 236 Å². The summed E-state index contributed by atoms with van der Waals surface area (Å²) in [5, 5.41) is 6.15. The summed E-state index contributed by atoms with van der Waals surface area (Å²) in [6.07, 6.45) is 1.21. The zero-order valence-corrected chi connectivity index (χ0v) is 22.8. The Morgan fingerprint density at radius 3 is 2.62 bits per heavy atom. The normalized spacial score (nSPS) is 15.5. The Morgan fingerprint density at radius 1 is 1.00 bits per heavy atom. The van der Waals surface area contributed by atoms with Crippen LogP contribution in [-0.4, -0.2) is 59.1 Å². The Morgan fingerprint density at radius 2 is 1.80 bits per heavy atom. The molecule has 0 fully saturated rings. The summed E-state index contributed by atoms with van der Waals surface area (Å²) in [4.78, 5) is 49.5. The number of fused-ring (bicyclic) bond motifs is 3. The lowest BCUT2D eigenvalue weighted by Crippen LogP contribution is -2.41. The van der Waals surface area contributed by atoms with E-state index >= 15 is 0 Å². The molecule has 5 rings (SSSR count). The van der Waals surface area contributed by atoms with Gasteiger partial charge in [0.25, 0.3) is 5.91 Å². The van der Waals surface area contributed by atoms with Gasteiger partial charge in [0.05, 0.1) is 18.6 Å². The molecule has 3 aromatic rings. The quantitative estimate of drug-likeness (QED) is 0.390. The molecule has 0 aliphatic carbocycles. The van der Waals surface area contributed by atoms with Crippen molar-refractivity contribution in [3.8, 4) is 5.75 Å². The summed E-state index contributed by atoms with van der Waals surface area (Å²) in [7, 11) is 1.56. The summed E-state index contributed by atoms with van der Waals surface area (Å²) in [5.74, 6) is 0.573. The molecule has 3 aromatic carbocycles. The van der Waals surface area contributed by atoms with Crippen LogP contribution in [0, 0.1) is 0 Å². The highest BCUT2D eigenvalue weighted by atomic mass is 32.2. The van der Waals surface area contributed by atoms with Crippen LogP contribution in [0.3, 0.4) is 0 Å². The highest BCUT2D eigenvalue weighted by Gasteiger charge is 2.41. The SMILES string of the molecule is COc1cccc(NC(=O)CSC2=Nc3ccccc3C3=N[C@@H](CCC(=O)NCCc4ccccc4)C(=O)N23)c1. The lowest BCUT2D eigenvalue weighted by Gasteiger charge is -2.25. The Bertz CT molecular complexity index is 1470. The van der Waals surface area contributed by atoms with E-state index in [1.54, 1.807) is 31.4 Å². The molecule has 204 valence electrons. The second kappa shape index (κ2) is 12.6. The Hall–Kier alpha value is -4.44. The summed E-state index contributed by atoms with van der Waals surface area (Å²) < 4.78 is 5.21. The number of anilines is 1. The van der Waals surface area contributed by atoms with Crippen molar-refractivity contribution < 1.29 is 19.1 Å². The predicted octanol–water partition coefficient (Wildman–Crippen LogP) is 4.16. The zero-order chi connectivity index (χ0) is 27.9. The number of ether oxygens (including phenoxy) is 1. The van der Waals surface area contributed by atoms with Crippen molar-refractivity contribution >= 4 is 51.9 Å². The summed E-state index contributed by atoms with van der Waals surface area (Å²) in [5.41, 5.74) is 3.19. The van der Waals surface area contributed by atoms with Crippen LogP contribution in [0.1, 0.15) is 24.0 Å². The molecule has 0 saturated carbocycles. The van der Waals surface area contributed by atoms with Gasteiger partial charge in [0.15, 0.2) is 5.17 Å². The number of nitrogens with one attached hydrogen (secondary N) is 2. The van der Waals surface area contributed by atoms with Crippen molar-refractivity contribution in [1.29, 1.82) is 0 Å². The fourth-order valence-electron chi connectivity index (χ4n) is 4.46. The number of nitrogens with zero attached hydrogens (tertiary/aromatic N) is 3. The van der Waals surface area contributed by atoms with Crippen LogP contribution >= 0.6 is 11.8 Å². The van der Waals surface area contributed by atoms with Crippen LogP contribution < -0.4 is 15.4 Å². The maximum Gasteiger partial charge on any atom is 0.259 e. The molecule has 9 nitrogen and oxygen atoms in total. The minimum Gasteiger partial charge on any atom is -0.497 e. The van der Waals surface area contributed by atoms with Gasteiger partial charge in [-0.3, -0.25) is 19.4 Å². The van der Waals surface area contributed by atoms with Gasteiger partial charge >= 0.3 is 0 Å². The molecule has 2 aliphatic heterocycles. The van der Waals surface area contributed by atoms with E-state index < -0.39 is 6.04 Å². The second-order valence-electron chi connectivity index (χ2n) is 9.25. The van der Waals surface area contributed by atoms with E-state index in [1.165, 1.54) is 16.7 Å². The molecule has 2 heterocycles. The van der Waals surface area contributed by atoms with Crippen molar-refractivity contribution in [3.63, 3.8) is 0 Å². The van der Waals surface area contributed by atoms with Crippen LogP contribution in [0.2, 0.25) is 0 Å². The summed E-state index contributed by atoms with van der Waals surface area (Å²) >= 11 is 1.17. The number of para-hydroxylation sites is 1. The molecule has 0 radical (unpaired) electrons. The van der Waals surface area contributed by atoms with Crippen molar-refractivity contribution in [3.05, 3.63) is 90.0 Å². The topological polar surface area (TPSA) is 112 Å². The number of thioether (sulfide) groups is 1. The number of methoxy groups -OCH3 is 1. The van der Waals surface area contributed by atoms with Crippen molar-refractivity contribution in [1.82, 2.24) is 10.2 Å². The lowest BCUT2D eigenvalue weighted by molar-refractivity contribution is -0.125. The van der Waals surface area contributed by atoms with Crippen molar-refractivity contribution in [2.75, 3.05) is 24.7 Å². The van der Waals surface area contributed by atoms with Gasteiger partial charge < -0.3 is 15.4 Å². The minimum absolute atomic E-state index is 0.0454. The number of amidine groups is 2. The first-order valence-electron chi connectivity index (χ1n) is 13.0. The minimum atomic E-state index is -0.697. The molecule has 0 spiro atoms. The van der Waals surface area contributed by atoms with E-state index in [4.69, 9.17) is 9.73 Å². The molecule has 1 atom stereocenters. The van der Waals surface area contributed by atoms with Gasteiger partial charge in [-0.2, -0.15) is 0 Å². The second-order valence-corrected chi connectivity index (χ2v) is 10.2. The number of carbonyl (C=O) groups is 3. The monoisotopic (exact) mass is 555 g/mol. The number of aliphatic imine (C=N–C) groups is 2. The third-order valence-electron chi connectivity index (χ3n) is 6.46. The third-order valence-corrected chi connectivity index (χ3v) is 7.40. The van der Waals surface area contributed by atoms with Gasteiger partial charge in [-0.05, 0) is 42.7 Å². The van der Waals surface area contributed by atoms with Gasteiger partial charge in [0.1, 0.15) is 17.6 Å². The van der Waals surface area contributed by atoms with Gasteiger partial charge in [0.2, 0.25) is 11.8 Å². The van der Waals surface area contributed by atoms with E-state index in [0.29, 0.717) is 34.7 Å². The molecule has 0 saturated heterocycles. The number of rotatable bonds is 10. The molecular weight excluding hydrogens is 526 g/mol. The van der Waals surface area contributed by atoms with Crippen LogP contribution in [-0.2, 0) is 20.8 Å². The first-order chi connectivity index (χ1) is 19.5. The standard InChI is InChI=1S/C30H29N5O4S/c1-39-22-11-7-10-21(18-22)32-27(37)19-40-30-34-24-13-6-5-12-23(24)28-33-25(29(38)35(28)30)14-15-26(36)31-17-16-20-8-3-2-4-9-20/h2-13,18,25H,14-17,19H2,1H3,(H,31,36)(H,32,37)/t25-/m0/s1. The lowest BCUT2D eigenvalue weighted by atomic mass is 10.1. The maximum absolute atomic E-state index is 13.4. The molecular formula is C30H29N5O4S. The molecule has 10 heteroatoms. The first-order valence-corrected chi connectivity index (χ1v) is 14.0. The van der Waals surface area contributed by atoms with Crippen molar-refractivity contribution in [2.24, 2.45) is 9.98 Å². The molecule has 0 bridgehead atoms. The smallest absolute Gasteiger partial charge is 0.259 e. The van der Waals surface area contributed by atoms with Crippen LogP contribution in [0.25, 0.3) is 0 Å². The van der Waals surface area contributed by atoms with Gasteiger partial charge in [-0.15, -0.1) is 0 Å². The number of amides is 3. The van der Waals surface area contributed by atoms with Crippen LogP contribution in [0.15, 0.2) is 88.8 Å². The van der Waals surface area contributed by atoms with E-state index in [2.05, 4.69) is 15.6 Å². The Kier molecular flexibility index (Phi) is 8.56. The first kappa shape index (κ1) is 27.1. The fraction of sp³-hybridized carbons (Fsp3) is 0.233. The highest BCUT2D eigenvalue weighted by Crippen LogP contribution is 2.34. The zero-order valence-electron chi connectivity index (χ0n) is 22.0. The fourth-order valence-corrected chi connectivity index (χ4v) is 5.26. The van der Waals surface area contributed by atoms with Crippen molar-refractivity contribution in [2.45, 2.75) is 25.3 Å². The van der Waals surface area contributed by atoms with E-state index in [0.717, 1.165) is 17.5 Å². The Balaban J connectivity index is 1.21. The van der Waals surface area contributed by atoms with Gasteiger partial charge in [-0.25, -0.2) is 9.89 Å². The number of carbonyl (C=O) groups excluding carboxylic acids is 3. The summed E-state index contributed by atoms with van der Waals surface area (Å²) in [6.45, 7) is 0.529. The predicted molar refractivity (Wildman–Crippen MR) is 157 cm³/mol. The molecule has 3 amide bonds. The third kappa shape index (κ3) is 6.40. The number of benzene rings is 3. The molecule has 0 unspecified atom stereocenters. The molecule has 2 aliphatic rings. The van der Waals surface area contributed by atoms with Crippen LogP contribution in [0.5, 0.6) is 5.75 Å². The summed E-state index contributed by atoms with van der Waals surface area (Å²) in [6, 6.07) is 23.8. The van der Waals surface area contributed by atoms with E-state index in [9.17, 15) is 14.4 Å². The molecule has 40 heavy (non-hydrogen) atoms. The average molecular weight is 556 g/mol. The van der Waals surface area contributed by atoms with Gasteiger partial charge in [0, 0.05) is 30.3 Å². The van der Waals surface area contributed by atoms with E-state index in [1.807, 2.05) is 54.6 Å². The van der Waals surface area contributed by atoms with Gasteiger partial charge in [-0.1, -0.05) is 60.3 Å². The number of hydrogen-bond donors (Lipinski definition) is 2.